The third kappa shape index (κ3) is 6.23. The first-order valence-electron chi connectivity index (χ1n) is 14.0. The number of ether oxygens (including phenoxy) is 1. The molecule has 1 aliphatic heterocycles. The van der Waals surface area contributed by atoms with Crippen LogP contribution in [-0.2, 0) is 4.74 Å². The highest BCUT2D eigenvalue weighted by Crippen LogP contribution is 2.35. The molecule has 4 heterocycles. The molecule has 3 aromatic rings. The SMILES string of the molecule is CN(C)C(=O)c1cc2cnc(Nc3ccc(C(=O)N4CCN(C(=O)OC(C)(C)C)CC4)nn3)nc2n1C1CCCC1. The van der Waals surface area contributed by atoms with Crippen molar-refractivity contribution in [3.63, 3.8) is 0 Å². The van der Waals surface area contributed by atoms with E-state index in [0.29, 0.717) is 49.3 Å². The van der Waals surface area contributed by atoms with E-state index in [9.17, 15) is 14.4 Å². The molecule has 1 aliphatic carbocycles. The molecule has 0 spiro atoms. The molecule has 13 nitrogen and oxygen atoms in total. The minimum Gasteiger partial charge on any atom is -0.444 e. The zero-order chi connectivity index (χ0) is 29.3. The number of carbonyl (C=O) groups is 3. The van der Waals surface area contributed by atoms with Crippen LogP contribution < -0.4 is 5.32 Å². The Morgan fingerprint density at radius 3 is 2.29 bits per heavy atom. The average Bonchev–Trinajstić information content (AvgIpc) is 3.59. The highest BCUT2D eigenvalue weighted by Gasteiger charge is 2.29. The number of piperazine rings is 1. The van der Waals surface area contributed by atoms with Crippen molar-refractivity contribution < 1.29 is 19.1 Å². The molecule has 1 saturated heterocycles. The van der Waals surface area contributed by atoms with Crippen molar-refractivity contribution in [3.05, 3.63) is 35.8 Å². The van der Waals surface area contributed by atoms with Crippen molar-refractivity contribution in [2.75, 3.05) is 45.6 Å². The lowest BCUT2D eigenvalue weighted by Gasteiger charge is -2.35. The molecule has 3 amide bonds. The first-order chi connectivity index (χ1) is 19.5. The Balaban J connectivity index is 1.27. The Morgan fingerprint density at radius 2 is 1.68 bits per heavy atom. The Labute approximate surface area is 238 Å². The smallest absolute Gasteiger partial charge is 0.410 e. The van der Waals surface area contributed by atoms with Gasteiger partial charge in [-0.2, -0.15) is 4.98 Å². The minimum absolute atomic E-state index is 0.0678. The number of hydrogen-bond donors (Lipinski definition) is 1. The second-order valence-electron chi connectivity index (χ2n) is 11.7. The number of anilines is 2. The summed E-state index contributed by atoms with van der Waals surface area (Å²) in [5.41, 5.74) is 0.947. The van der Waals surface area contributed by atoms with E-state index in [1.54, 1.807) is 47.1 Å². The first-order valence-corrected chi connectivity index (χ1v) is 14.0. The average molecular weight is 564 g/mol. The van der Waals surface area contributed by atoms with Gasteiger partial charge in [0.15, 0.2) is 11.5 Å². The fourth-order valence-electron chi connectivity index (χ4n) is 5.20. The molecular weight excluding hydrogens is 526 g/mol. The van der Waals surface area contributed by atoms with Gasteiger partial charge in [0, 0.05) is 57.9 Å². The fourth-order valence-corrected chi connectivity index (χ4v) is 5.20. The van der Waals surface area contributed by atoms with Crippen LogP contribution in [0.25, 0.3) is 11.0 Å². The Hall–Kier alpha value is -4.29. The van der Waals surface area contributed by atoms with Crippen LogP contribution in [0, 0.1) is 0 Å². The first kappa shape index (κ1) is 28.2. The van der Waals surface area contributed by atoms with Gasteiger partial charge in [-0.1, -0.05) is 12.8 Å². The largest absolute Gasteiger partial charge is 0.444 e. The van der Waals surface area contributed by atoms with E-state index in [0.717, 1.165) is 31.1 Å². The summed E-state index contributed by atoms with van der Waals surface area (Å²) < 4.78 is 7.47. The van der Waals surface area contributed by atoms with Crippen LogP contribution in [0.15, 0.2) is 24.4 Å². The second-order valence-corrected chi connectivity index (χ2v) is 11.7. The highest BCUT2D eigenvalue weighted by atomic mass is 16.6. The normalized spacial score (nSPS) is 16.2. The molecule has 0 bridgehead atoms. The van der Waals surface area contributed by atoms with Gasteiger partial charge in [-0.25, -0.2) is 9.78 Å². The number of aromatic nitrogens is 5. The van der Waals surface area contributed by atoms with E-state index < -0.39 is 5.60 Å². The molecule has 0 aromatic carbocycles. The van der Waals surface area contributed by atoms with Gasteiger partial charge in [-0.3, -0.25) is 9.59 Å². The van der Waals surface area contributed by atoms with Gasteiger partial charge in [-0.05, 0) is 51.8 Å². The Kier molecular flexibility index (Phi) is 7.78. The predicted molar refractivity (Wildman–Crippen MR) is 152 cm³/mol. The number of carbonyl (C=O) groups excluding carboxylic acids is 3. The van der Waals surface area contributed by atoms with Gasteiger partial charge in [-0.15, -0.1) is 10.2 Å². The lowest BCUT2D eigenvalue weighted by Crippen LogP contribution is -2.51. The van der Waals surface area contributed by atoms with Crippen LogP contribution in [0.1, 0.15) is 73.5 Å². The van der Waals surface area contributed by atoms with E-state index >= 15 is 0 Å². The molecule has 41 heavy (non-hydrogen) atoms. The van der Waals surface area contributed by atoms with Gasteiger partial charge in [0.1, 0.15) is 16.9 Å². The van der Waals surface area contributed by atoms with Crippen LogP contribution in [0.5, 0.6) is 0 Å². The summed E-state index contributed by atoms with van der Waals surface area (Å²) in [6, 6.07) is 5.32. The van der Waals surface area contributed by atoms with E-state index in [1.807, 2.05) is 31.4 Å². The molecule has 0 unspecified atom stereocenters. The summed E-state index contributed by atoms with van der Waals surface area (Å²) in [5.74, 6) is 0.393. The van der Waals surface area contributed by atoms with Crippen molar-refractivity contribution >= 4 is 40.7 Å². The van der Waals surface area contributed by atoms with Crippen LogP contribution in [-0.4, -0.2) is 103 Å². The van der Waals surface area contributed by atoms with Gasteiger partial charge in [0.05, 0.1) is 0 Å². The van der Waals surface area contributed by atoms with E-state index in [1.165, 1.54) is 0 Å². The summed E-state index contributed by atoms with van der Waals surface area (Å²) in [6.07, 6.45) is 5.57. The van der Waals surface area contributed by atoms with Crippen LogP contribution >= 0.6 is 0 Å². The maximum Gasteiger partial charge on any atom is 0.410 e. The summed E-state index contributed by atoms with van der Waals surface area (Å²) in [4.78, 5) is 52.2. The number of nitrogens with zero attached hydrogens (tertiary/aromatic N) is 8. The third-order valence-corrected chi connectivity index (χ3v) is 7.23. The number of fused-ring (bicyclic) bond motifs is 1. The van der Waals surface area contributed by atoms with Crippen molar-refractivity contribution in [3.8, 4) is 0 Å². The van der Waals surface area contributed by atoms with E-state index in [-0.39, 0.29) is 29.6 Å². The molecule has 5 rings (SSSR count). The molecule has 1 saturated carbocycles. The Morgan fingerprint density at radius 1 is 1.00 bits per heavy atom. The lowest BCUT2D eigenvalue weighted by molar-refractivity contribution is 0.0140. The maximum absolute atomic E-state index is 13.0. The van der Waals surface area contributed by atoms with Gasteiger partial charge >= 0.3 is 6.09 Å². The molecule has 0 atom stereocenters. The zero-order valence-corrected chi connectivity index (χ0v) is 24.3. The summed E-state index contributed by atoms with van der Waals surface area (Å²) >= 11 is 0. The topological polar surface area (TPSA) is 139 Å². The number of hydrogen-bond acceptors (Lipinski definition) is 9. The maximum atomic E-state index is 13.0. The highest BCUT2D eigenvalue weighted by molar-refractivity contribution is 5.98. The molecule has 218 valence electrons. The predicted octanol–water partition coefficient (Wildman–Crippen LogP) is 3.47. The van der Waals surface area contributed by atoms with Crippen LogP contribution in [0.4, 0.5) is 16.6 Å². The molecular formula is C28H37N9O4. The molecule has 2 aliphatic rings. The zero-order valence-electron chi connectivity index (χ0n) is 24.3. The Bertz CT molecular complexity index is 1430. The summed E-state index contributed by atoms with van der Waals surface area (Å²) in [7, 11) is 3.49. The van der Waals surface area contributed by atoms with E-state index in [4.69, 9.17) is 9.72 Å². The van der Waals surface area contributed by atoms with Gasteiger partial charge in [0.2, 0.25) is 5.95 Å². The second kappa shape index (κ2) is 11.3. The standard InChI is InChI=1S/C28H37N9O4/c1-28(2,3)41-27(40)36-14-12-35(13-15-36)24(38)20-10-11-22(33-32-20)30-26-29-17-18-16-21(25(39)34(4)5)37(23(18)31-26)19-8-6-7-9-19/h10-11,16-17,19H,6-9,12-15H2,1-5H3,(H,29,30,31,33). The van der Waals surface area contributed by atoms with Crippen molar-refractivity contribution in [2.24, 2.45) is 0 Å². The molecule has 0 radical (unpaired) electrons. The van der Waals surface area contributed by atoms with Crippen molar-refractivity contribution in [2.45, 2.75) is 58.1 Å². The minimum atomic E-state index is -0.569. The van der Waals surface area contributed by atoms with Crippen LogP contribution in [0.3, 0.4) is 0 Å². The summed E-state index contributed by atoms with van der Waals surface area (Å²) in [6.45, 7) is 7.01. The quantitative estimate of drug-likeness (QED) is 0.494. The number of rotatable bonds is 5. The lowest BCUT2D eigenvalue weighted by atomic mass is 10.2. The molecule has 3 aromatic heterocycles. The number of nitrogens with one attached hydrogen (secondary N) is 1. The van der Waals surface area contributed by atoms with Crippen LogP contribution in [0.2, 0.25) is 0 Å². The van der Waals surface area contributed by atoms with Crippen molar-refractivity contribution in [1.82, 2.24) is 39.4 Å². The van der Waals surface area contributed by atoms with Gasteiger partial charge in [0.25, 0.3) is 11.8 Å². The molecule has 13 heteroatoms. The van der Waals surface area contributed by atoms with E-state index in [2.05, 4.69) is 20.5 Å². The fraction of sp³-hybridized carbons (Fsp3) is 0.536. The summed E-state index contributed by atoms with van der Waals surface area (Å²) in [5, 5.41) is 12.2. The molecule has 2 fully saturated rings. The third-order valence-electron chi connectivity index (χ3n) is 7.23. The number of amides is 3. The van der Waals surface area contributed by atoms with Gasteiger partial charge < -0.3 is 29.3 Å². The van der Waals surface area contributed by atoms with Crippen molar-refractivity contribution in [1.29, 1.82) is 0 Å². The monoisotopic (exact) mass is 563 g/mol. The molecule has 1 N–H and O–H groups in total.